The van der Waals surface area contributed by atoms with Crippen molar-refractivity contribution in [2.45, 2.75) is 113 Å². The van der Waals surface area contributed by atoms with E-state index in [4.69, 9.17) is 0 Å². The predicted molar refractivity (Wildman–Crippen MR) is 230 cm³/mol. The van der Waals surface area contributed by atoms with Gasteiger partial charge in [0.2, 0.25) is 0 Å². The van der Waals surface area contributed by atoms with Gasteiger partial charge in [-0.15, -0.1) is 4.57 Å². The number of imidazole rings is 3. The van der Waals surface area contributed by atoms with Crippen LogP contribution in [0.2, 0.25) is 0 Å². The van der Waals surface area contributed by atoms with Crippen LogP contribution in [0.5, 0.6) is 0 Å². The zero-order valence-corrected chi connectivity index (χ0v) is 39.0. The molecule has 0 aliphatic rings. The molecule has 0 aliphatic heterocycles. The maximum Gasteiger partial charge on any atom is 0.431 e. The van der Waals surface area contributed by atoms with Crippen LogP contribution in [0.3, 0.4) is 0 Å². The molecule has 0 aliphatic carbocycles. The normalized spacial score (nSPS) is 8.16. The summed E-state index contributed by atoms with van der Waals surface area (Å²) in [7, 11) is 17.7. The molecule has 5 aromatic rings. The monoisotopic (exact) mass is 852 g/mol. The van der Waals surface area contributed by atoms with Crippen molar-refractivity contribution in [2.75, 3.05) is 7.11 Å². The molecule has 0 bridgehead atoms. The van der Waals surface area contributed by atoms with E-state index >= 15 is 0 Å². The molecule has 0 unspecified atom stereocenters. The van der Waals surface area contributed by atoms with Gasteiger partial charge in [-0.25, -0.2) is 23.3 Å². The van der Waals surface area contributed by atoms with Crippen molar-refractivity contribution in [2.24, 2.45) is 56.4 Å². The number of rotatable bonds is 0. The van der Waals surface area contributed by atoms with Gasteiger partial charge in [0.25, 0.3) is 11.6 Å². The van der Waals surface area contributed by atoms with E-state index in [0.29, 0.717) is 0 Å². The Kier molecular flexibility index (Phi) is 49.0. The summed E-state index contributed by atoms with van der Waals surface area (Å²) < 4.78 is 20.9. The summed E-state index contributed by atoms with van der Waals surface area (Å²) in [4.78, 5) is 13.6. The largest absolute Gasteiger partial charge is 0.469 e. The first-order valence-corrected chi connectivity index (χ1v) is 17.1. The van der Waals surface area contributed by atoms with Gasteiger partial charge in [0.15, 0.2) is 7.05 Å². The molecule has 11 nitrogen and oxygen atoms in total. The molecule has 4 heterocycles. The number of hydrogen-bond donors (Lipinski definition) is 0. The summed E-state index contributed by atoms with van der Waals surface area (Å²) in [5.41, 5.74) is 3.98. The number of aryl methyl sites for hydroxylation is 7. The third-order valence-electron chi connectivity index (χ3n) is 8.06. The summed E-state index contributed by atoms with van der Waals surface area (Å²) >= 11 is 0. The Labute approximate surface area is 365 Å². The van der Waals surface area contributed by atoms with E-state index in [0.717, 1.165) is 5.82 Å². The van der Waals surface area contributed by atoms with E-state index in [1.807, 2.05) is 135 Å². The first-order valence-electron chi connectivity index (χ1n) is 17.1. The third kappa shape index (κ3) is 27.7. The van der Waals surface area contributed by atoms with Crippen molar-refractivity contribution in [1.29, 1.82) is 0 Å². The number of benzene rings is 1. The predicted octanol–water partition coefficient (Wildman–Crippen LogP) is 7.21. The van der Waals surface area contributed by atoms with Crippen molar-refractivity contribution in [3.8, 4) is 0 Å². The van der Waals surface area contributed by atoms with Crippen LogP contribution in [0, 0.1) is 54.5 Å². The van der Waals surface area contributed by atoms with Gasteiger partial charge in [-0.3, -0.25) is 4.79 Å². The number of nitrogens with zero attached hydrogens (tertiary/aromatic N) is 9. The van der Waals surface area contributed by atoms with Crippen molar-refractivity contribution in [3.63, 3.8) is 0 Å². The van der Waals surface area contributed by atoms with Crippen molar-refractivity contribution in [1.82, 2.24) is 23.4 Å². The zero-order chi connectivity index (χ0) is 39.7. The molecule has 1 radical (unpaired) electrons. The number of hydrogen-bond acceptors (Lipinski definition) is 3. The fourth-order valence-corrected chi connectivity index (χ4v) is 3.64. The molecule has 4 aromatic heterocycles. The molecular formula is C43H88N9O2Y+3. The van der Waals surface area contributed by atoms with Crippen LogP contribution in [0.25, 0.3) is 0 Å². The molecule has 317 valence electrons. The smallest absolute Gasteiger partial charge is 0.431 e. The minimum absolute atomic E-state index is 0. The summed E-state index contributed by atoms with van der Waals surface area (Å²) in [6.07, 6.45) is 9.82. The van der Waals surface area contributed by atoms with Gasteiger partial charge in [0, 0.05) is 93.7 Å². The Bertz CT molecular complexity index is 1480. The van der Waals surface area contributed by atoms with Crippen LogP contribution in [-0.4, -0.2) is 36.4 Å². The zero-order valence-electron chi connectivity index (χ0n) is 36.1. The number of carbonyl (C=O) groups is 1. The van der Waals surface area contributed by atoms with Gasteiger partial charge in [0.1, 0.15) is 36.7 Å². The molecule has 1 aromatic carbocycles. The molecular weight excluding hydrogens is 763 g/mol. The molecule has 12 heteroatoms. The molecule has 0 amide bonds. The molecule has 5 rings (SSSR count). The Morgan fingerprint density at radius 3 is 1.29 bits per heavy atom. The number of methoxy groups -OCH3 is 1. The third-order valence-corrected chi connectivity index (χ3v) is 8.06. The number of esters is 1. The average Bonchev–Trinajstić information content (AvgIpc) is 3.76. The van der Waals surface area contributed by atoms with Crippen LogP contribution in [0.1, 0.15) is 105 Å². The minimum atomic E-state index is -0.245. The van der Waals surface area contributed by atoms with Gasteiger partial charge in [0.05, 0.1) is 42.3 Å². The van der Waals surface area contributed by atoms with E-state index in [9.17, 15) is 4.79 Å². The molecule has 55 heavy (non-hydrogen) atoms. The molecule has 0 saturated heterocycles. The van der Waals surface area contributed by atoms with Crippen molar-refractivity contribution >= 4 is 5.97 Å². The first kappa shape index (κ1) is 69.5. The standard InChI is InChI=1S/C8H15N2.C7H7.C6H13N3.C6H11N2.C5H8N2.C3H6O2.2C2H6.4CH4.Y/c1-6-7(2)10(5)8(3)9(6)4;1-7-5-3-2-4-6-7;1-6-7(2)5-8(3)9(6)4;1-6-7(2)4-5-8(6)3;1-5-6-3-4-7(5)2;1-3(4)5-2;2*1-2;;;;;/h1-5H3;3-6H,1H3;5H,1-4H3;4-5H,1-3H3;3-4H,1-2H3;1-2H3;2*1-2H3;4*1H4;/q+1;-1;+2;+1;;;;;;;;;. The molecule has 0 saturated carbocycles. The van der Waals surface area contributed by atoms with Crippen molar-refractivity contribution < 1.29 is 60.6 Å². The van der Waals surface area contributed by atoms with Crippen LogP contribution >= 0.6 is 0 Å². The summed E-state index contributed by atoms with van der Waals surface area (Å²) in [6.45, 7) is 24.0. The quantitative estimate of drug-likeness (QED) is 0.0940. The second-order valence-electron chi connectivity index (χ2n) is 11.1. The molecule has 0 atom stereocenters. The summed E-state index contributed by atoms with van der Waals surface area (Å²) in [5, 5.41) is 0. The summed E-state index contributed by atoms with van der Waals surface area (Å²) in [6, 6.07) is 10.8. The van der Waals surface area contributed by atoms with Crippen LogP contribution < -0.4 is 18.4 Å². The molecule has 0 N–H and O–H groups in total. The van der Waals surface area contributed by atoms with Gasteiger partial charge in [-0.1, -0.05) is 73.7 Å². The number of aromatic nitrogens is 9. The average molecular weight is 852 g/mol. The van der Waals surface area contributed by atoms with E-state index in [2.05, 4.69) is 98.9 Å². The second-order valence-corrected chi connectivity index (χ2v) is 11.1. The molecule has 0 spiro atoms. The van der Waals surface area contributed by atoms with E-state index in [1.165, 1.54) is 48.5 Å². The van der Waals surface area contributed by atoms with Crippen molar-refractivity contribution in [3.05, 3.63) is 102 Å². The fraction of sp³-hybridized carbons (Fsp3) is 0.581. The maximum atomic E-state index is 9.59. The molecule has 0 fully saturated rings. The Morgan fingerprint density at radius 2 is 1.18 bits per heavy atom. The minimum Gasteiger partial charge on any atom is -0.469 e. The van der Waals surface area contributed by atoms with Gasteiger partial charge in [-0.05, 0) is 6.92 Å². The van der Waals surface area contributed by atoms with E-state index in [1.54, 1.807) is 6.20 Å². The van der Waals surface area contributed by atoms with Gasteiger partial charge < -0.3 is 9.30 Å². The van der Waals surface area contributed by atoms with Gasteiger partial charge in [-0.2, -0.15) is 35.9 Å². The van der Waals surface area contributed by atoms with E-state index in [-0.39, 0.29) is 68.4 Å². The fourth-order valence-electron chi connectivity index (χ4n) is 3.64. The summed E-state index contributed by atoms with van der Waals surface area (Å²) in [5.74, 6) is 4.63. The SMILES string of the molecule is C.C.C.C.CC.CC.COC(C)=O.Cc1c(C)[n+](C)c(C)n1C.Cc1cc[c-]cc1.Cc1n(C)[n+](C)c[n+]1C.Cc1n(C)cc[n+]1C.Cc1nccn1C.[Y]. The van der Waals surface area contributed by atoms with Crippen LogP contribution in [-0.2, 0) is 98.6 Å². The number of carbonyl (C=O) groups excluding carboxylic acids is 1. The Balaban J connectivity index is -0.0000000781. The topological polar surface area (TPSA) is 74.4 Å². The van der Waals surface area contributed by atoms with Gasteiger partial charge >= 0.3 is 18.1 Å². The van der Waals surface area contributed by atoms with Crippen LogP contribution in [0.4, 0.5) is 0 Å². The Hall–Kier alpha value is -3.44. The van der Waals surface area contributed by atoms with Crippen LogP contribution in [0.15, 0.2) is 55.4 Å². The first-order chi connectivity index (χ1) is 23.4. The van der Waals surface area contributed by atoms with E-state index < -0.39 is 0 Å². The second kappa shape index (κ2) is 38.8. The Morgan fingerprint density at radius 1 is 0.727 bits per heavy atom. The number of ether oxygens (including phenoxy) is 1. The maximum absolute atomic E-state index is 9.59.